The Morgan fingerprint density at radius 2 is 2.18 bits per heavy atom. The van der Waals surface area contributed by atoms with E-state index >= 15 is 0 Å². The van der Waals surface area contributed by atoms with Crippen LogP contribution in [0.25, 0.3) is 0 Å². The molecule has 17 heavy (non-hydrogen) atoms. The van der Waals surface area contributed by atoms with Crippen LogP contribution in [0.15, 0.2) is 0 Å². The quantitative estimate of drug-likeness (QED) is 0.789. The van der Waals surface area contributed by atoms with Crippen LogP contribution in [0.3, 0.4) is 0 Å². The Balaban J connectivity index is 1.83. The molecule has 3 rings (SSSR count). The van der Waals surface area contributed by atoms with Gasteiger partial charge in [-0.1, -0.05) is 0 Å². The van der Waals surface area contributed by atoms with Gasteiger partial charge in [-0.3, -0.25) is 0 Å². The summed E-state index contributed by atoms with van der Waals surface area (Å²) in [4.78, 5) is 9.42. The molecule has 0 unspecified atom stereocenters. The lowest BCUT2D eigenvalue weighted by molar-refractivity contribution is 0.210. The summed E-state index contributed by atoms with van der Waals surface area (Å²) in [6.45, 7) is 1.54. The van der Waals surface area contributed by atoms with E-state index in [2.05, 4.69) is 5.32 Å². The Bertz CT molecular complexity index is 415. The van der Waals surface area contributed by atoms with Crippen molar-refractivity contribution in [2.45, 2.75) is 38.0 Å². The van der Waals surface area contributed by atoms with Gasteiger partial charge >= 0.3 is 0 Å². The third-order valence-electron chi connectivity index (χ3n) is 3.49. The number of ether oxygens (including phenoxy) is 1. The van der Waals surface area contributed by atoms with Crippen LogP contribution in [0.2, 0.25) is 0 Å². The lowest BCUT2D eigenvalue weighted by atomic mass is 10.2. The fourth-order valence-corrected chi connectivity index (χ4v) is 2.39. The van der Waals surface area contributed by atoms with Crippen LogP contribution >= 0.6 is 0 Å². The number of anilines is 1. The number of fused-ring (bicyclic) bond motifs is 1. The summed E-state index contributed by atoms with van der Waals surface area (Å²) in [7, 11) is 1.72. The first-order valence-electron chi connectivity index (χ1n) is 6.51. The number of nitrogens with one attached hydrogen (secondary N) is 1. The molecule has 4 heteroatoms. The van der Waals surface area contributed by atoms with Gasteiger partial charge < -0.3 is 10.1 Å². The van der Waals surface area contributed by atoms with E-state index in [1.54, 1.807) is 7.11 Å². The lowest BCUT2D eigenvalue weighted by Crippen LogP contribution is -2.12. The molecule has 1 aromatic rings. The van der Waals surface area contributed by atoms with Crippen molar-refractivity contribution in [1.82, 2.24) is 9.97 Å². The normalized spacial score (nSPS) is 18.2. The molecule has 0 spiro atoms. The summed E-state index contributed by atoms with van der Waals surface area (Å²) in [5.41, 5.74) is 2.62. The van der Waals surface area contributed by atoms with E-state index in [4.69, 9.17) is 14.7 Å². The largest absolute Gasteiger partial charge is 0.383 e. The molecule has 1 aromatic heterocycles. The lowest BCUT2D eigenvalue weighted by Gasteiger charge is -2.11. The molecule has 0 atom stereocenters. The van der Waals surface area contributed by atoms with Gasteiger partial charge in [0.15, 0.2) is 0 Å². The number of aromatic nitrogens is 2. The first kappa shape index (κ1) is 11.0. The number of hydrogen-bond donors (Lipinski definition) is 1. The number of nitrogens with zero attached hydrogens (tertiary/aromatic N) is 2. The van der Waals surface area contributed by atoms with E-state index in [0.29, 0.717) is 5.92 Å². The minimum Gasteiger partial charge on any atom is -0.383 e. The fraction of sp³-hybridized carbons (Fsp3) is 0.692. The highest BCUT2D eigenvalue weighted by Gasteiger charge is 2.29. The van der Waals surface area contributed by atoms with Crippen LogP contribution in [0.5, 0.6) is 0 Å². The molecule has 0 aromatic carbocycles. The molecule has 1 fully saturated rings. The summed E-state index contributed by atoms with van der Waals surface area (Å²) < 4.78 is 5.07. The second-order valence-corrected chi connectivity index (χ2v) is 4.90. The van der Waals surface area contributed by atoms with Crippen LogP contribution < -0.4 is 5.32 Å². The van der Waals surface area contributed by atoms with Crippen molar-refractivity contribution in [3.05, 3.63) is 17.1 Å². The molecule has 0 aliphatic heterocycles. The molecule has 0 amide bonds. The van der Waals surface area contributed by atoms with Crippen molar-refractivity contribution >= 4 is 5.82 Å². The van der Waals surface area contributed by atoms with E-state index < -0.39 is 0 Å². The van der Waals surface area contributed by atoms with Gasteiger partial charge in [0.2, 0.25) is 0 Å². The fourth-order valence-electron chi connectivity index (χ4n) is 2.39. The zero-order valence-corrected chi connectivity index (χ0v) is 10.3. The molecule has 4 nitrogen and oxygen atoms in total. The molecule has 0 radical (unpaired) electrons. The second-order valence-electron chi connectivity index (χ2n) is 4.90. The Labute approximate surface area is 102 Å². The van der Waals surface area contributed by atoms with Crippen LogP contribution in [0.4, 0.5) is 5.82 Å². The maximum absolute atomic E-state index is 5.07. The summed E-state index contributed by atoms with van der Waals surface area (Å²) in [6, 6.07) is 0. The molecule has 92 valence electrons. The van der Waals surface area contributed by atoms with Crippen molar-refractivity contribution in [1.29, 1.82) is 0 Å². The monoisotopic (exact) mass is 233 g/mol. The highest BCUT2D eigenvalue weighted by Crippen LogP contribution is 2.39. The molecule has 2 aliphatic rings. The Morgan fingerprint density at radius 3 is 2.94 bits per heavy atom. The Kier molecular flexibility index (Phi) is 2.97. The van der Waals surface area contributed by atoms with E-state index in [-0.39, 0.29) is 0 Å². The smallest absolute Gasteiger partial charge is 0.134 e. The molecule has 1 heterocycles. The third-order valence-corrected chi connectivity index (χ3v) is 3.49. The van der Waals surface area contributed by atoms with E-state index in [1.165, 1.54) is 30.5 Å². The summed E-state index contributed by atoms with van der Waals surface area (Å²) >= 11 is 0. The first-order chi connectivity index (χ1) is 8.38. The van der Waals surface area contributed by atoms with Gasteiger partial charge in [-0.25, -0.2) is 9.97 Å². The Hall–Kier alpha value is -1.16. The SMILES string of the molecule is COCCNc1nc(C2CC2)nc2c1CCC2. The molecule has 0 bridgehead atoms. The maximum Gasteiger partial charge on any atom is 0.134 e. The second kappa shape index (κ2) is 4.61. The van der Waals surface area contributed by atoms with Crippen LogP contribution in [-0.2, 0) is 17.6 Å². The van der Waals surface area contributed by atoms with Gasteiger partial charge in [0.05, 0.1) is 6.61 Å². The average Bonchev–Trinajstić information content (AvgIpc) is 3.08. The van der Waals surface area contributed by atoms with Gasteiger partial charge in [0, 0.05) is 30.8 Å². The molecular weight excluding hydrogens is 214 g/mol. The van der Waals surface area contributed by atoms with Crippen molar-refractivity contribution in [3.63, 3.8) is 0 Å². The topological polar surface area (TPSA) is 47.0 Å². The molecule has 1 N–H and O–H groups in total. The van der Waals surface area contributed by atoms with Crippen molar-refractivity contribution < 1.29 is 4.74 Å². The summed E-state index contributed by atoms with van der Waals surface area (Å²) in [5.74, 6) is 2.75. The minimum absolute atomic E-state index is 0.629. The van der Waals surface area contributed by atoms with Crippen LogP contribution in [-0.4, -0.2) is 30.2 Å². The number of methoxy groups -OCH3 is 1. The molecule has 2 aliphatic carbocycles. The van der Waals surface area contributed by atoms with Crippen LogP contribution in [0.1, 0.15) is 42.3 Å². The van der Waals surface area contributed by atoms with E-state index in [9.17, 15) is 0 Å². The maximum atomic E-state index is 5.07. The van der Waals surface area contributed by atoms with Crippen molar-refractivity contribution in [2.75, 3.05) is 25.6 Å². The van der Waals surface area contributed by atoms with Crippen LogP contribution in [0, 0.1) is 0 Å². The van der Waals surface area contributed by atoms with Gasteiger partial charge in [0.1, 0.15) is 11.6 Å². The summed E-state index contributed by atoms with van der Waals surface area (Å²) in [6.07, 6.45) is 5.98. The number of aryl methyl sites for hydroxylation is 1. The van der Waals surface area contributed by atoms with Crippen molar-refractivity contribution in [3.8, 4) is 0 Å². The first-order valence-corrected chi connectivity index (χ1v) is 6.51. The van der Waals surface area contributed by atoms with Crippen molar-refractivity contribution in [2.24, 2.45) is 0 Å². The van der Waals surface area contributed by atoms with E-state index in [0.717, 1.165) is 37.6 Å². The zero-order valence-electron chi connectivity index (χ0n) is 10.3. The highest BCUT2D eigenvalue weighted by atomic mass is 16.5. The Morgan fingerprint density at radius 1 is 1.29 bits per heavy atom. The molecule has 1 saturated carbocycles. The standard InChI is InChI=1S/C13H19N3O/c1-17-8-7-14-13-10-3-2-4-11(10)15-12(16-13)9-5-6-9/h9H,2-8H2,1H3,(H,14,15,16). The van der Waals surface area contributed by atoms with Gasteiger partial charge in [-0.2, -0.15) is 0 Å². The molecular formula is C13H19N3O. The highest BCUT2D eigenvalue weighted by molar-refractivity contribution is 5.49. The average molecular weight is 233 g/mol. The predicted octanol–water partition coefficient (Wildman–Crippen LogP) is 1.90. The number of hydrogen-bond acceptors (Lipinski definition) is 4. The summed E-state index contributed by atoms with van der Waals surface area (Å²) in [5, 5.41) is 3.39. The van der Waals surface area contributed by atoms with Gasteiger partial charge in [-0.05, 0) is 32.1 Å². The minimum atomic E-state index is 0.629. The van der Waals surface area contributed by atoms with Gasteiger partial charge in [0.25, 0.3) is 0 Å². The third kappa shape index (κ3) is 2.27. The van der Waals surface area contributed by atoms with E-state index in [1.807, 2.05) is 0 Å². The molecule has 0 saturated heterocycles. The number of rotatable bonds is 5. The van der Waals surface area contributed by atoms with Gasteiger partial charge in [-0.15, -0.1) is 0 Å². The predicted molar refractivity (Wildman–Crippen MR) is 66.4 cm³/mol. The zero-order chi connectivity index (χ0) is 11.7.